The summed E-state index contributed by atoms with van der Waals surface area (Å²) < 4.78 is 35.7. The van der Waals surface area contributed by atoms with Crippen LogP contribution in [0.1, 0.15) is 31.4 Å². The molecule has 1 amide bonds. The van der Waals surface area contributed by atoms with E-state index >= 15 is 4.39 Å². The van der Waals surface area contributed by atoms with Crippen molar-refractivity contribution >= 4 is 16.8 Å². The van der Waals surface area contributed by atoms with E-state index in [-0.39, 0.29) is 29.1 Å². The van der Waals surface area contributed by atoms with Crippen molar-refractivity contribution in [3.8, 4) is 34.6 Å². The van der Waals surface area contributed by atoms with Crippen LogP contribution >= 0.6 is 0 Å². The van der Waals surface area contributed by atoms with Gasteiger partial charge in [-0.3, -0.25) is 4.79 Å². The third-order valence-electron chi connectivity index (χ3n) is 5.95. The van der Waals surface area contributed by atoms with Gasteiger partial charge in [0.1, 0.15) is 6.33 Å². The average molecular weight is 470 g/mol. The van der Waals surface area contributed by atoms with Crippen molar-refractivity contribution in [2.45, 2.75) is 25.8 Å². The van der Waals surface area contributed by atoms with Crippen LogP contribution in [0.25, 0.3) is 22.0 Å². The number of fused-ring (bicyclic) bond motifs is 1. The van der Waals surface area contributed by atoms with Crippen LogP contribution in [-0.2, 0) is 4.79 Å². The molecule has 1 aliphatic heterocycles. The van der Waals surface area contributed by atoms with Gasteiger partial charge in [-0.25, -0.2) is 19.3 Å². The second kappa shape index (κ2) is 9.47. The molecule has 2 aromatic carbocycles. The van der Waals surface area contributed by atoms with Gasteiger partial charge in [-0.2, -0.15) is 4.39 Å². The van der Waals surface area contributed by atoms with Gasteiger partial charge in [0.15, 0.2) is 11.6 Å². The van der Waals surface area contributed by atoms with Crippen molar-refractivity contribution in [1.29, 1.82) is 0 Å². The fourth-order valence-corrected chi connectivity index (χ4v) is 4.41. The third kappa shape index (κ3) is 4.28. The summed E-state index contributed by atoms with van der Waals surface area (Å²) >= 11 is 0. The fourth-order valence-electron chi connectivity index (χ4n) is 4.41. The van der Waals surface area contributed by atoms with Crippen molar-refractivity contribution in [2.75, 3.05) is 6.54 Å². The normalized spacial score (nSPS) is 15.1. The summed E-state index contributed by atoms with van der Waals surface area (Å²) in [7, 11) is 0. The number of benzene rings is 2. The molecule has 1 saturated heterocycles. The lowest BCUT2D eigenvalue weighted by Crippen LogP contribution is -2.29. The predicted molar refractivity (Wildman–Crippen MR) is 126 cm³/mol. The van der Waals surface area contributed by atoms with E-state index in [1.54, 1.807) is 48.4 Å². The standard InChI is InChI=1S/C27H20F2N4O2/c1-2-6-24(34)33-12-5-7-21(33)20-14-17(13-18-15-30-16-32-27(18)20)19-9-10-22(26(29)25(19)28)35-23-8-3-4-11-31-23/h3-4,8-11,13-16,21H,5,7,12H2,1H3. The van der Waals surface area contributed by atoms with Gasteiger partial charge < -0.3 is 9.64 Å². The molecule has 8 heteroatoms. The Kier molecular flexibility index (Phi) is 6.06. The zero-order valence-corrected chi connectivity index (χ0v) is 18.8. The van der Waals surface area contributed by atoms with Crippen LogP contribution in [0.2, 0.25) is 0 Å². The summed E-state index contributed by atoms with van der Waals surface area (Å²) in [5.74, 6) is 2.72. The number of amides is 1. The molecule has 3 heterocycles. The van der Waals surface area contributed by atoms with E-state index in [4.69, 9.17) is 4.74 Å². The smallest absolute Gasteiger partial charge is 0.298 e. The van der Waals surface area contributed by atoms with Crippen molar-refractivity contribution in [1.82, 2.24) is 19.9 Å². The second-order valence-corrected chi connectivity index (χ2v) is 8.07. The Balaban J connectivity index is 1.59. The van der Waals surface area contributed by atoms with Gasteiger partial charge in [0.25, 0.3) is 5.91 Å². The van der Waals surface area contributed by atoms with E-state index in [0.29, 0.717) is 29.4 Å². The number of carbonyl (C=O) groups excluding carboxylic acids is 1. The van der Waals surface area contributed by atoms with Crippen molar-refractivity contribution in [3.05, 3.63) is 78.4 Å². The Hall–Kier alpha value is -4.38. The van der Waals surface area contributed by atoms with Crippen LogP contribution in [0.15, 0.2) is 61.2 Å². The molecule has 174 valence electrons. The van der Waals surface area contributed by atoms with Crippen LogP contribution < -0.4 is 4.74 Å². The van der Waals surface area contributed by atoms with Gasteiger partial charge in [0, 0.05) is 41.5 Å². The summed E-state index contributed by atoms with van der Waals surface area (Å²) in [6.07, 6.45) is 6.08. The zero-order valence-electron chi connectivity index (χ0n) is 18.8. The Bertz CT molecular complexity index is 1480. The molecular weight excluding hydrogens is 450 g/mol. The lowest BCUT2D eigenvalue weighted by molar-refractivity contribution is -0.125. The first kappa shape index (κ1) is 22.4. The third-order valence-corrected chi connectivity index (χ3v) is 5.95. The summed E-state index contributed by atoms with van der Waals surface area (Å²) in [5, 5.41) is 0.662. The molecule has 0 bridgehead atoms. The SMILES string of the molecule is CC#CC(=O)N1CCCC1c1cc(-c2ccc(Oc3ccccn3)c(F)c2F)cc2cncnc12. The number of ether oxygens (including phenoxy) is 1. The molecule has 0 saturated carbocycles. The number of halogens is 2. The number of carbonyl (C=O) groups is 1. The Morgan fingerprint density at radius 3 is 2.83 bits per heavy atom. The van der Waals surface area contributed by atoms with Gasteiger partial charge in [0.2, 0.25) is 11.7 Å². The van der Waals surface area contributed by atoms with E-state index in [1.807, 2.05) is 0 Å². The summed E-state index contributed by atoms with van der Waals surface area (Å²) in [4.78, 5) is 26.8. The molecule has 0 N–H and O–H groups in total. The Morgan fingerprint density at radius 1 is 1.14 bits per heavy atom. The molecule has 1 aliphatic rings. The molecule has 4 aromatic rings. The zero-order chi connectivity index (χ0) is 24.4. The Labute approximate surface area is 200 Å². The topological polar surface area (TPSA) is 68.2 Å². The van der Waals surface area contributed by atoms with Crippen molar-refractivity contribution in [3.63, 3.8) is 0 Å². The maximum Gasteiger partial charge on any atom is 0.298 e. The number of aromatic nitrogens is 3. The summed E-state index contributed by atoms with van der Waals surface area (Å²) in [5.41, 5.74) is 1.92. The molecule has 0 spiro atoms. The molecule has 1 unspecified atom stereocenters. The van der Waals surface area contributed by atoms with Gasteiger partial charge in [0.05, 0.1) is 11.6 Å². The van der Waals surface area contributed by atoms with E-state index < -0.39 is 11.6 Å². The minimum Gasteiger partial charge on any atom is -0.436 e. The van der Waals surface area contributed by atoms with E-state index in [2.05, 4.69) is 26.8 Å². The molecule has 2 aromatic heterocycles. The maximum atomic E-state index is 15.3. The fraction of sp³-hybridized carbons (Fsp3) is 0.185. The van der Waals surface area contributed by atoms with Crippen molar-refractivity contribution < 1.29 is 18.3 Å². The quantitative estimate of drug-likeness (QED) is 0.371. The Morgan fingerprint density at radius 2 is 2.03 bits per heavy atom. The molecule has 6 nitrogen and oxygen atoms in total. The number of likely N-dealkylation sites (tertiary alicyclic amines) is 1. The molecule has 1 atom stereocenters. The minimum atomic E-state index is -1.12. The number of pyridine rings is 1. The highest BCUT2D eigenvalue weighted by atomic mass is 19.2. The van der Waals surface area contributed by atoms with Crippen LogP contribution in [0.4, 0.5) is 8.78 Å². The van der Waals surface area contributed by atoms with Crippen LogP contribution in [-0.4, -0.2) is 32.3 Å². The molecule has 0 aliphatic carbocycles. The largest absolute Gasteiger partial charge is 0.436 e. The number of rotatable bonds is 4. The van der Waals surface area contributed by atoms with E-state index in [9.17, 15) is 9.18 Å². The maximum absolute atomic E-state index is 15.3. The number of nitrogens with zero attached hydrogens (tertiary/aromatic N) is 4. The predicted octanol–water partition coefficient (Wildman–Crippen LogP) is 5.45. The molecule has 35 heavy (non-hydrogen) atoms. The lowest BCUT2D eigenvalue weighted by atomic mass is 9.94. The average Bonchev–Trinajstić information content (AvgIpc) is 3.37. The van der Waals surface area contributed by atoms with Gasteiger partial charge in [-0.1, -0.05) is 12.0 Å². The summed E-state index contributed by atoms with van der Waals surface area (Å²) in [6.45, 7) is 2.18. The van der Waals surface area contributed by atoms with Crippen LogP contribution in [0.3, 0.4) is 0 Å². The van der Waals surface area contributed by atoms with Crippen LogP contribution in [0.5, 0.6) is 11.6 Å². The van der Waals surface area contributed by atoms with E-state index in [0.717, 1.165) is 12.0 Å². The van der Waals surface area contributed by atoms with Gasteiger partial charge >= 0.3 is 0 Å². The number of hydrogen-bond acceptors (Lipinski definition) is 5. The van der Waals surface area contributed by atoms with E-state index in [1.165, 1.54) is 24.7 Å². The highest BCUT2D eigenvalue weighted by Crippen LogP contribution is 2.39. The number of hydrogen-bond donors (Lipinski definition) is 0. The molecular formula is C27H20F2N4O2. The molecule has 5 rings (SSSR count). The first-order valence-electron chi connectivity index (χ1n) is 11.1. The monoisotopic (exact) mass is 470 g/mol. The minimum absolute atomic E-state index is 0.0621. The highest BCUT2D eigenvalue weighted by molar-refractivity contribution is 5.95. The van der Waals surface area contributed by atoms with Gasteiger partial charge in [-0.05, 0) is 61.6 Å². The van der Waals surface area contributed by atoms with Crippen molar-refractivity contribution in [2.24, 2.45) is 0 Å². The highest BCUT2D eigenvalue weighted by Gasteiger charge is 2.31. The first-order chi connectivity index (χ1) is 17.1. The first-order valence-corrected chi connectivity index (χ1v) is 11.1. The lowest BCUT2D eigenvalue weighted by Gasteiger charge is -2.24. The summed E-state index contributed by atoms with van der Waals surface area (Å²) in [6, 6.07) is 11.0. The molecule has 1 fully saturated rings. The van der Waals surface area contributed by atoms with Crippen LogP contribution in [0, 0.1) is 23.5 Å². The van der Waals surface area contributed by atoms with Gasteiger partial charge in [-0.15, -0.1) is 0 Å². The molecule has 0 radical (unpaired) electrons. The second-order valence-electron chi connectivity index (χ2n) is 8.07.